The summed E-state index contributed by atoms with van der Waals surface area (Å²) in [6.07, 6.45) is 1.63. The highest BCUT2D eigenvalue weighted by atomic mass is 35.5. The molecule has 0 saturated carbocycles. The summed E-state index contributed by atoms with van der Waals surface area (Å²) in [5.41, 5.74) is 6.74. The van der Waals surface area contributed by atoms with Crippen molar-refractivity contribution in [2.75, 3.05) is 19.6 Å². The third kappa shape index (κ3) is 6.64. The van der Waals surface area contributed by atoms with Gasteiger partial charge in [0.15, 0.2) is 0 Å². The van der Waals surface area contributed by atoms with Crippen LogP contribution < -0.4 is 16.4 Å². The molecule has 2 rings (SSSR count). The Labute approximate surface area is 147 Å². The lowest BCUT2D eigenvalue weighted by atomic mass is 10.1. The molecule has 3 amide bonds. The van der Waals surface area contributed by atoms with Gasteiger partial charge in [-0.25, -0.2) is 4.79 Å². The molecular formula is C15H22Cl2N4O2. The van der Waals surface area contributed by atoms with Gasteiger partial charge in [0, 0.05) is 30.7 Å². The van der Waals surface area contributed by atoms with Crippen LogP contribution in [0.5, 0.6) is 0 Å². The number of carbonyl (C=O) groups is 2. The van der Waals surface area contributed by atoms with Gasteiger partial charge in [-0.1, -0.05) is 23.7 Å². The van der Waals surface area contributed by atoms with E-state index in [1.165, 1.54) is 0 Å². The maximum Gasteiger partial charge on any atom is 0.315 e. The predicted molar refractivity (Wildman–Crippen MR) is 92.7 cm³/mol. The Hall–Kier alpha value is -1.50. The van der Waals surface area contributed by atoms with Crippen molar-refractivity contribution in [3.05, 3.63) is 34.9 Å². The van der Waals surface area contributed by atoms with Crippen LogP contribution in [0.2, 0.25) is 5.02 Å². The van der Waals surface area contributed by atoms with Gasteiger partial charge in [0.05, 0.1) is 6.54 Å². The molecule has 1 aromatic carbocycles. The smallest absolute Gasteiger partial charge is 0.315 e. The zero-order chi connectivity index (χ0) is 15.9. The van der Waals surface area contributed by atoms with E-state index < -0.39 is 0 Å². The largest absolute Gasteiger partial charge is 0.341 e. The van der Waals surface area contributed by atoms with Gasteiger partial charge in [0.25, 0.3) is 0 Å². The Morgan fingerprint density at radius 1 is 1.17 bits per heavy atom. The summed E-state index contributed by atoms with van der Waals surface area (Å²) in [6.45, 7) is 1.71. The molecule has 0 aliphatic carbocycles. The van der Waals surface area contributed by atoms with Gasteiger partial charge < -0.3 is 21.3 Å². The monoisotopic (exact) mass is 360 g/mol. The molecule has 8 heteroatoms. The van der Waals surface area contributed by atoms with Crippen LogP contribution in [-0.2, 0) is 11.3 Å². The fourth-order valence-electron chi connectivity index (χ4n) is 2.26. The molecule has 0 bridgehead atoms. The van der Waals surface area contributed by atoms with E-state index in [2.05, 4.69) is 10.6 Å². The van der Waals surface area contributed by atoms with Crippen molar-refractivity contribution < 1.29 is 9.59 Å². The third-order valence-electron chi connectivity index (χ3n) is 3.66. The zero-order valence-electron chi connectivity index (χ0n) is 12.8. The number of hydrogen-bond acceptors (Lipinski definition) is 3. The first-order valence-corrected chi connectivity index (χ1v) is 7.72. The van der Waals surface area contributed by atoms with Gasteiger partial charge in [-0.15, -0.1) is 12.4 Å². The maximum absolute atomic E-state index is 11.9. The van der Waals surface area contributed by atoms with Crippen molar-refractivity contribution in [2.45, 2.75) is 25.4 Å². The first-order chi connectivity index (χ1) is 10.5. The van der Waals surface area contributed by atoms with Crippen molar-refractivity contribution in [1.29, 1.82) is 0 Å². The second-order valence-electron chi connectivity index (χ2n) is 5.38. The van der Waals surface area contributed by atoms with E-state index in [0.717, 1.165) is 18.4 Å². The van der Waals surface area contributed by atoms with Gasteiger partial charge in [0.2, 0.25) is 5.91 Å². The van der Waals surface area contributed by atoms with Gasteiger partial charge in [0.1, 0.15) is 0 Å². The Bertz CT molecular complexity index is 517. The normalized spacial score (nSPS) is 14.8. The molecule has 0 atom stereocenters. The number of likely N-dealkylation sites (tertiary alicyclic amines) is 1. The standard InChI is InChI=1S/C15H21ClN4O2.ClH/c16-12-3-1-11(2-4-12)9-18-15(22)19-10-14(21)20-7-5-13(17)6-8-20;/h1-4,13H,5-10,17H2,(H2,18,19,22);1H. The summed E-state index contributed by atoms with van der Waals surface area (Å²) in [5.74, 6) is -0.0754. The van der Waals surface area contributed by atoms with E-state index >= 15 is 0 Å². The number of amides is 3. The maximum atomic E-state index is 11.9. The van der Waals surface area contributed by atoms with Crippen molar-refractivity contribution in [3.8, 4) is 0 Å². The minimum absolute atomic E-state index is 0. The summed E-state index contributed by atoms with van der Waals surface area (Å²) in [5, 5.41) is 5.93. The van der Waals surface area contributed by atoms with Crippen LogP contribution in [0.3, 0.4) is 0 Å². The molecule has 1 heterocycles. The minimum atomic E-state index is -0.364. The van der Waals surface area contributed by atoms with Crippen LogP contribution in [0.15, 0.2) is 24.3 Å². The van der Waals surface area contributed by atoms with Crippen LogP contribution in [0.4, 0.5) is 4.79 Å². The average molecular weight is 361 g/mol. The molecule has 0 unspecified atom stereocenters. The fourth-order valence-corrected chi connectivity index (χ4v) is 2.39. The van der Waals surface area contributed by atoms with E-state index in [0.29, 0.717) is 24.7 Å². The van der Waals surface area contributed by atoms with Crippen molar-refractivity contribution in [3.63, 3.8) is 0 Å². The number of rotatable bonds is 4. The number of nitrogens with zero attached hydrogens (tertiary/aromatic N) is 1. The fraction of sp³-hybridized carbons (Fsp3) is 0.467. The Morgan fingerprint density at radius 2 is 1.78 bits per heavy atom. The topological polar surface area (TPSA) is 87.5 Å². The summed E-state index contributed by atoms with van der Waals surface area (Å²) in [4.78, 5) is 25.4. The van der Waals surface area contributed by atoms with E-state index in [1.54, 1.807) is 17.0 Å². The van der Waals surface area contributed by atoms with Gasteiger partial charge in [-0.3, -0.25) is 4.79 Å². The number of halogens is 2. The molecule has 0 aromatic heterocycles. The molecule has 0 radical (unpaired) electrons. The number of piperidine rings is 1. The Balaban J connectivity index is 0.00000264. The summed E-state index contributed by atoms with van der Waals surface area (Å²) >= 11 is 5.79. The highest BCUT2D eigenvalue weighted by Gasteiger charge is 2.20. The van der Waals surface area contributed by atoms with E-state index in [4.69, 9.17) is 17.3 Å². The van der Waals surface area contributed by atoms with Gasteiger partial charge >= 0.3 is 6.03 Å². The lowest BCUT2D eigenvalue weighted by molar-refractivity contribution is -0.131. The molecule has 1 aliphatic rings. The number of hydrogen-bond donors (Lipinski definition) is 3. The highest BCUT2D eigenvalue weighted by molar-refractivity contribution is 6.30. The molecule has 1 fully saturated rings. The Kier molecular flexibility index (Phi) is 8.16. The number of nitrogens with one attached hydrogen (secondary N) is 2. The number of urea groups is 1. The lowest BCUT2D eigenvalue weighted by Gasteiger charge is -2.30. The quantitative estimate of drug-likeness (QED) is 0.760. The molecule has 0 spiro atoms. The van der Waals surface area contributed by atoms with Crippen LogP contribution >= 0.6 is 24.0 Å². The van der Waals surface area contributed by atoms with E-state index in [1.807, 2.05) is 12.1 Å². The van der Waals surface area contributed by atoms with Crippen molar-refractivity contribution in [2.24, 2.45) is 5.73 Å². The molecule has 23 heavy (non-hydrogen) atoms. The average Bonchev–Trinajstić information content (AvgIpc) is 2.52. The summed E-state index contributed by atoms with van der Waals surface area (Å²) in [7, 11) is 0. The first-order valence-electron chi connectivity index (χ1n) is 7.34. The lowest BCUT2D eigenvalue weighted by Crippen LogP contribution is -2.48. The molecule has 1 aromatic rings. The van der Waals surface area contributed by atoms with Crippen molar-refractivity contribution in [1.82, 2.24) is 15.5 Å². The van der Waals surface area contributed by atoms with Gasteiger partial charge in [-0.05, 0) is 30.5 Å². The number of nitrogens with two attached hydrogens (primary N) is 1. The van der Waals surface area contributed by atoms with Crippen LogP contribution in [-0.4, -0.2) is 42.5 Å². The molecule has 6 nitrogen and oxygen atoms in total. The molecule has 128 valence electrons. The molecule has 1 aliphatic heterocycles. The van der Waals surface area contributed by atoms with E-state index in [-0.39, 0.29) is 36.9 Å². The number of benzene rings is 1. The van der Waals surface area contributed by atoms with Crippen LogP contribution in [0.25, 0.3) is 0 Å². The molecular weight excluding hydrogens is 339 g/mol. The minimum Gasteiger partial charge on any atom is -0.341 e. The molecule has 1 saturated heterocycles. The SMILES string of the molecule is Cl.NC1CCN(C(=O)CNC(=O)NCc2ccc(Cl)cc2)CC1. The molecule has 4 N–H and O–H groups in total. The van der Waals surface area contributed by atoms with Crippen molar-refractivity contribution >= 4 is 35.9 Å². The second-order valence-corrected chi connectivity index (χ2v) is 5.82. The zero-order valence-corrected chi connectivity index (χ0v) is 14.3. The highest BCUT2D eigenvalue weighted by Crippen LogP contribution is 2.09. The van der Waals surface area contributed by atoms with Gasteiger partial charge in [-0.2, -0.15) is 0 Å². The third-order valence-corrected chi connectivity index (χ3v) is 3.91. The predicted octanol–water partition coefficient (Wildman–Crippen LogP) is 1.51. The second kappa shape index (κ2) is 9.60. The van der Waals surface area contributed by atoms with Crippen LogP contribution in [0.1, 0.15) is 18.4 Å². The van der Waals surface area contributed by atoms with Crippen LogP contribution in [0, 0.1) is 0 Å². The van der Waals surface area contributed by atoms with E-state index in [9.17, 15) is 9.59 Å². The Morgan fingerprint density at radius 3 is 2.39 bits per heavy atom. The first kappa shape index (κ1) is 19.5. The summed E-state index contributed by atoms with van der Waals surface area (Å²) in [6, 6.07) is 7.02. The number of carbonyl (C=O) groups excluding carboxylic acids is 2. The summed E-state index contributed by atoms with van der Waals surface area (Å²) < 4.78 is 0.